The van der Waals surface area contributed by atoms with E-state index in [9.17, 15) is 4.79 Å². The number of halogens is 1. The van der Waals surface area contributed by atoms with Crippen LogP contribution in [0.3, 0.4) is 0 Å². The van der Waals surface area contributed by atoms with Crippen LogP contribution < -0.4 is 11.1 Å². The molecule has 3 N–H and O–H groups in total. The summed E-state index contributed by atoms with van der Waals surface area (Å²) in [5, 5.41) is 3.55. The molecule has 1 aromatic rings. The van der Waals surface area contributed by atoms with Crippen LogP contribution in [0.25, 0.3) is 0 Å². The van der Waals surface area contributed by atoms with Crippen molar-refractivity contribution in [3.8, 4) is 0 Å². The van der Waals surface area contributed by atoms with E-state index in [-0.39, 0.29) is 17.4 Å². The summed E-state index contributed by atoms with van der Waals surface area (Å²) in [5.41, 5.74) is 7.15. The molecular formula is C14H21ClN2O. The molecule has 0 bridgehead atoms. The molecule has 0 aliphatic rings. The first-order valence-electron chi connectivity index (χ1n) is 6.02. The lowest BCUT2D eigenvalue weighted by molar-refractivity contribution is 0.0905. The van der Waals surface area contributed by atoms with Crippen LogP contribution in [0.2, 0.25) is 5.02 Å². The average Bonchev–Trinajstić information content (AvgIpc) is 2.27. The van der Waals surface area contributed by atoms with E-state index in [1.165, 1.54) is 0 Å². The van der Waals surface area contributed by atoms with Gasteiger partial charge in [0.1, 0.15) is 0 Å². The van der Waals surface area contributed by atoms with Gasteiger partial charge in [0, 0.05) is 23.2 Å². The van der Waals surface area contributed by atoms with Crippen LogP contribution in [0.15, 0.2) is 18.2 Å². The fourth-order valence-electron chi connectivity index (χ4n) is 1.60. The van der Waals surface area contributed by atoms with E-state index in [1.54, 1.807) is 12.1 Å². The Balaban J connectivity index is 2.85. The van der Waals surface area contributed by atoms with Crippen molar-refractivity contribution in [1.29, 1.82) is 0 Å². The van der Waals surface area contributed by atoms with E-state index in [2.05, 4.69) is 5.32 Å². The molecule has 0 fully saturated rings. The van der Waals surface area contributed by atoms with Gasteiger partial charge in [-0.1, -0.05) is 38.4 Å². The lowest BCUT2D eigenvalue weighted by atomic mass is 9.86. The van der Waals surface area contributed by atoms with Gasteiger partial charge in [0.25, 0.3) is 5.91 Å². The van der Waals surface area contributed by atoms with Crippen molar-refractivity contribution in [3.05, 3.63) is 34.3 Å². The Hall–Kier alpha value is -1.06. The van der Waals surface area contributed by atoms with Crippen molar-refractivity contribution in [2.24, 2.45) is 11.1 Å². The molecule has 1 aromatic carbocycles. The van der Waals surface area contributed by atoms with Gasteiger partial charge in [0.05, 0.1) is 0 Å². The molecule has 1 rings (SSSR count). The fourth-order valence-corrected chi connectivity index (χ4v) is 1.79. The third-order valence-corrected chi connectivity index (χ3v) is 3.43. The molecule has 0 heterocycles. The lowest BCUT2D eigenvalue weighted by Gasteiger charge is -2.30. The monoisotopic (exact) mass is 268 g/mol. The zero-order chi connectivity index (χ0) is 13.9. The van der Waals surface area contributed by atoms with Crippen LogP contribution in [-0.4, -0.2) is 18.5 Å². The molecule has 0 radical (unpaired) electrons. The standard InChI is InChI=1S/C14H21ClN2O/c1-9-5-6-10(7-11(9)15)13(18)17-12(8-16)14(2,3)4/h5-7,12H,8,16H2,1-4H3,(H,17,18). The van der Waals surface area contributed by atoms with Gasteiger partial charge in [0.15, 0.2) is 0 Å². The number of carbonyl (C=O) groups is 1. The van der Waals surface area contributed by atoms with E-state index >= 15 is 0 Å². The van der Waals surface area contributed by atoms with Crippen LogP contribution in [0.5, 0.6) is 0 Å². The molecule has 3 nitrogen and oxygen atoms in total. The zero-order valence-electron chi connectivity index (χ0n) is 11.4. The second-order valence-electron chi connectivity index (χ2n) is 5.59. The van der Waals surface area contributed by atoms with Gasteiger partial charge < -0.3 is 11.1 Å². The molecule has 100 valence electrons. The first-order chi connectivity index (χ1) is 8.25. The number of aryl methyl sites for hydroxylation is 1. The number of nitrogens with two attached hydrogens (primary N) is 1. The van der Waals surface area contributed by atoms with Gasteiger partial charge in [-0.2, -0.15) is 0 Å². The van der Waals surface area contributed by atoms with E-state index in [0.717, 1.165) is 5.56 Å². The van der Waals surface area contributed by atoms with Gasteiger partial charge in [-0.05, 0) is 30.0 Å². The maximum absolute atomic E-state index is 12.1. The number of amides is 1. The third kappa shape index (κ3) is 3.72. The van der Waals surface area contributed by atoms with Crippen LogP contribution in [-0.2, 0) is 0 Å². The Kier molecular flexibility index (Phi) is 4.77. The molecule has 18 heavy (non-hydrogen) atoms. The number of hydrogen-bond donors (Lipinski definition) is 2. The summed E-state index contributed by atoms with van der Waals surface area (Å²) >= 11 is 6.01. The minimum Gasteiger partial charge on any atom is -0.348 e. The van der Waals surface area contributed by atoms with Crippen LogP contribution in [0, 0.1) is 12.3 Å². The predicted octanol–water partition coefficient (Wildman–Crippen LogP) is 2.75. The van der Waals surface area contributed by atoms with Crippen molar-refractivity contribution in [2.75, 3.05) is 6.54 Å². The molecule has 0 aliphatic carbocycles. The summed E-state index contributed by atoms with van der Waals surface area (Å²) < 4.78 is 0. The second kappa shape index (κ2) is 5.72. The Bertz CT molecular complexity index is 438. The molecule has 1 amide bonds. The van der Waals surface area contributed by atoms with Crippen LogP contribution in [0.4, 0.5) is 0 Å². The summed E-state index contributed by atoms with van der Waals surface area (Å²) in [5.74, 6) is -0.137. The maximum Gasteiger partial charge on any atom is 0.251 e. The number of rotatable bonds is 3. The highest BCUT2D eigenvalue weighted by molar-refractivity contribution is 6.31. The summed E-state index contributed by atoms with van der Waals surface area (Å²) in [6, 6.07) is 5.23. The topological polar surface area (TPSA) is 55.1 Å². The van der Waals surface area contributed by atoms with Crippen molar-refractivity contribution in [3.63, 3.8) is 0 Å². The second-order valence-corrected chi connectivity index (χ2v) is 6.00. The van der Waals surface area contributed by atoms with E-state index < -0.39 is 0 Å². The first-order valence-corrected chi connectivity index (χ1v) is 6.40. The quantitative estimate of drug-likeness (QED) is 0.886. The molecule has 4 heteroatoms. The number of benzene rings is 1. The zero-order valence-corrected chi connectivity index (χ0v) is 12.1. The van der Waals surface area contributed by atoms with E-state index in [4.69, 9.17) is 17.3 Å². The number of hydrogen-bond acceptors (Lipinski definition) is 2. The van der Waals surface area contributed by atoms with Crippen LogP contribution in [0.1, 0.15) is 36.7 Å². The van der Waals surface area contributed by atoms with E-state index in [0.29, 0.717) is 17.1 Å². The Labute approximate surface area is 114 Å². The van der Waals surface area contributed by atoms with Gasteiger partial charge in [0.2, 0.25) is 0 Å². The summed E-state index contributed by atoms with van der Waals surface area (Å²) in [4.78, 5) is 12.1. The first kappa shape index (κ1) is 15.0. The molecular weight excluding hydrogens is 248 g/mol. The van der Waals surface area contributed by atoms with Crippen molar-refractivity contribution >= 4 is 17.5 Å². The average molecular weight is 269 g/mol. The summed E-state index contributed by atoms with van der Waals surface area (Å²) in [6.45, 7) is 8.46. The summed E-state index contributed by atoms with van der Waals surface area (Å²) in [6.07, 6.45) is 0. The Morgan fingerprint density at radius 2 is 2.06 bits per heavy atom. The van der Waals surface area contributed by atoms with Crippen molar-refractivity contribution in [2.45, 2.75) is 33.7 Å². The van der Waals surface area contributed by atoms with Gasteiger partial charge in [-0.15, -0.1) is 0 Å². The molecule has 1 atom stereocenters. The summed E-state index contributed by atoms with van der Waals surface area (Å²) in [7, 11) is 0. The largest absolute Gasteiger partial charge is 0.348 e. The highest BCUT2D eigenvalue weighted by Gasteiger charge is 2.25. The maximum atomic E-state index is 12.1. The fraction of sp³-hybridized carbons (Fsp3) is 0.500. The SMILES string of the molecule is Cc1ccc(C(=O)NC(CN)C(C)(C)C)cc1Cl. The third-order valence-electron chi connectivity index (χ3n) is 3.02. The molecule has 0 saturated heterocycles. The van der Waals surface area contributed by atoms with Gasteiger partial charge in [-0.3, -0.25) is 4.79 Å². The van der Waals surface area contributed by atoms with Gasteiger partial charge >= 0.3 is 0 Å². The smallest absolute Gasteiger partial charge is 0.251 e. The lowest BCUT2D eigenvalue weighted by Crippen LogP contribution is -2.48. The predicted molar refractivity (Wildman–Crippen MR) is 76.0 cm³/mol. The van der Waals surface area contributed by atoms with Gasteiger partial charge in [-0.25, -0.2) is 0 Å². The number of nitrogens with one attached hydrogen (secondary N) is 1. The normalized spacial score (nSPS) is 13.2. The van der Waals surface area contributed by atoms with Crippen molar-refractivity contribution in [1.82, 2.24) is 5.32 Å². The molecule has 0 saturated carbocycles. The van der Waals surface area contributed by atoms with Crippen molar-refractivity contribution < 1.29 is 4.79 Å². The minimum atomic E-state index is -0.137. The highest BCUT2D eigenvalue weighted by Crippen LogP contribution is 2.20. The van der Waals surface area contributed by atoms with Crippen LogP contribution >= 0.6 is 11.6 Å². The molecule has 0 aliphatic heterocycles. The molecule has 0 aromatic heterocycles. The molecule has 0 spiro atoms. The Morgan fingerprint density at radius 1 is 1.44 bits per heavy atom. The molecule has 1 unspecified atom stereocenters. The minimum absolute atomic E-state index is 0.0647. The highest BCUT2D eigenvalue weighted by atomic mass is 35.5. The number of carbonyl (C=O) groups excluding carboxylic acids is 1. The Morgan fingerprint density at radius 3 is 2.50 bits per heavy atom. The van der Waals surface area contributed by atoms with E-state index in [1.807, 2.05) is 33.8 Å².